The average Bonchev–Trinajstić information content (AvgIpc) is 2.28. The van der Waals surface area contributed by atoms with Crippen LogP contribution in [0.1, 0.15) is 20.3 Å². The maximum atomic E-state index is 11.9. The number of carbonyl (C=O) groups is 1. The summed E-state index contributed by atoms with van der Waals surface area (Å²) >= 11 is 0. The predicted octanol–water partition coefficient (Wildman–Crippen LogP) is -0.710. The Morgan fingerprint density at radius 1 is 1.41 bits per heavy atom. The SMILES string of the molecule is COCCNC(=O)C(C)S(=O)(=O)C(C)CCN. The molecule has 0 saturated carbocycles. The molecule has 2 unspecified atom stereocenters. The van der Waals surface area contributed by atoms with Crippen molar-refractivity contribution in [3.63, 3.8) is 0 Å². The molecule has 0 radical (unpaired) electrons. The molecule has 0 aliphatic rings. The third-order valence-electron chi connectivity index (χ3n) is 2.60. The van der Waals surface area contributed by atoms with Gasteiger partial charge in [-0.1, -0.05) is 0 Å². The molecule has 0 aliphatic heterocycles. The Bertz CT molecular complexity index is 329. The smallest absolute Gasteiger partial charge is 0.238 e. The number of carbonyl (C=O) groups excluding carboxylic acids is 1. The van der Waals surface area contributed by atoms with Gasteiger partial charge in [0, 0.05) is 13.7 Å². The monoisotopic (exact) mass is 266 g/mol. The Labute approximate surface area is 103 Å². The van der Waals surface area contributed by atoms with E-state index in [9.17, 15) is 13.2 Å². The van der Waals surface area contributed by atoms with E-state index in [2.05, 4.69) is 5.32 Å². The number of sulfone groups is 1. The van der Waals surface area contributed by atoms with Gasteiger partial charge in [-0.15, -0.1) is 0 Å². The molecule has 0 aromatic rings. The van der Waals surface area contributed by atoms with Gasteiger partial charge in [-0.05, 0) is 26.8 Å². The zero-order chi connectivity index (χ0) is 13.5. The highest BCUT2D eigenvalue weighted by molar-refractivity contribution is 7.93. The first kappa shape index (κ1) is 16.3. The van der Waals surface area contributed by atoms with E-state index < -0.39 is 26.2 Å². The molecule has 6 nitrogen and oxygen atoms in total. The number of rotatable bonds is 8. The first-order valence-corrected chi connectivity index (χ1v) is 7.18. The molecule has 102 valence electrons. The number of hydrogen-bond acceptors (Lipinski definition) is 5. The summed E-state index contributed by atoms with van der Waals surface area (Å²) in [5.41, 5.74) is 5.32. The second kappa shape index (κ2) is 7.62. The third kappa shape index (κ3) is 5.01. The fourth-order valence-electron chi connectivity index (χ4n) is 1.32. The van der Waals surface area contributed by atoms with Crippen molar-refractivity contribution in [2.45, 2.75) is 30.8 Å². The van der Waals surface area contributed by atoms with Gasteiger partial charge >= 0.3 is 0 Å². The van der Waals surface area contributed by atoms with Crippen molar-refractivity contribution >= 4 is 15.7 Å². The molecular formula is C10H22N2O4S. The number of methoxy groups -OCH3 is 1. The van der Waals surface area contributed by atoms with Crippen molar-refractivity contribution in [1.82, 2.24) is 5.32 Å². The van der Waals surface area contributed by atoms with Crippen LogP contribution >= 0.6 is 0 Å². The number of ether oxygens (including phenoxy) is 1. The van der Waals surface area contributed by atoms with Gasteiger partial charge in [0.15, 0.2) is 9.84 Å². The Balaban J connectivity index is 4.46. The molecule has 0 saturated heterocycles. The minimum atomic E-state index is -3.47. The maximum absolute atomic E-state index is 11.9. The number of amides is 1. The Hall–Kier alpha value is -0.660. The first-order chi connectivity index (χ1) is 7.87. The highest BCUT2D eigenvalue weighted by atomic mass is 32.2. The van der Waals surface area contributed by atoms with Gasteiger partial charge in [0.05, 0.1) is 11.9 Å². The first-order valence-electron chi connectivity index (χ1n) is 5.57. The van der Waals surface area contributed by atoms with Gasteiger partial charge in [0.2, 0.25) is 5.91 Å². The molecule has 0 aromatic heterocycles. The molecule has 2 atom stereocenters. The summed E-state index contributed by atoms with van der Waals surface area (Å²) in [4.78, 5) is 11.6. The molecule has 0 heterocycles. The lowest BCUT2D eigenvalue weighted by atomic mass is 10.3. The molecule has 17 heavy (non-hydrogen) atoms. The molecule has 0 aromatic carbocycles. The van der Waals surface area contributed by atoms with Crippen LogP contribution in [0.2, 0.25) is 0 Å². The van der Waals surface area contributed by atoms with Gasteiger partial charge < -0.3 is 15.8 Å². The summed E-state index contributed by atoms with van der Waals surface area (Å²) in [6.45, 7) is 3.92. The van der Waals surface area contributed by atoms with Crippen molar-refractivity contribution in [2.75, 3.05) is 26.8 Å². The third-order valence-corrected chi connectivity index (χ3v) is 5.16. The Morgan fingerprint density at radius 3 is 2.47 bits per heavy atom. The van der Waals surface area contributed by atoms with Gasteiger partial charge in [-0.3, -0.25) is 4.79 Å². The lowest BCUT2D eigenvalue weighted by Crippen LogP contribution is -2.42. The van der Waals surface area contributed by atoms with Crippen molar-refractivity contribution in [3.05, 3.63) is 0 Å². The second-order valence-corrected chi connectivity index (χ2v) is 6.59. The molecule has 0 aliphatic carbocycles. The van der Waals surface area contributed by atoms with Crippen molar-refractivity contribution in [1.29, 1.82) is 0 Å². The van der Waals surface area contributed by atoms with E-state index in [0.29, 0.717) is 26.1 Å². The molecule has 0 spiro atoms. The topological polar surface area (TPSA) is 98.5 Å². The van der Waals surface area contributed by atoms with Crippen LogP contribution in [0.4, 0.5) is 0 Å². The minimum Gasteiger partial charge on any atom is -0.383 e. The lowest BCUT2D eigenvalue weighted by molar-refractivity contribution is -0.120. The van der Waals surface area contributed by atoms with Gasteiger partial charge in [0.25, 0.3) is 0 Å². The van der Waals surface area contributed by atoms with Gasteiger partial charge in [-0.25, -0.2) is 8.42 Å². The van der Waals surface area contributed by atoms with Crippen molar-refractivity contribution in [2.24, 2.45) is 5.73 Å². The van der Waals surface area contributed by atoms with Crippen LogP contribution in [0.15, 0.2) is 0 Å². The van der Waals surface area contributed by atoms with Crippen molar-refractivity contribution in [3.8, 4) is 0 Å². The molecule has 0 rings (SSSR count). The largest absolute Gasteiger partial charge is 0.383 e. The highest BCUT2D eigenvalue weighted by Gasteiger charge is 2.32. The number of nitrogens with one attached hydrogen (secondary N) is 1. The summed E-state index contributed by atoms with van der Waals surface area (Å²) < 4.78 is 28.7. The predicted molar refractivity (Wildman–Crippen MR) is 66.4 cm³/mol. The van der Waals surface area contributed by atoms with Crippen molar-refractivity contribution < 1.29 is 17.9 Å². The second-order valence-electron chi connectivity index (χ2n) is 3.90. The van der Waals surface area contributed by atoms with E-state index in [1.807, 2.05) is 0 Å². The van der Waals surface area contributed by atoms with E-state index in [1.165, 1.54) is 14.0 Å². The van der Waals surface area contributed by atoms with E-state index in [4.69, 9.17) is 10.5 Å². The molecule has 3 N–H and O–H groups in total. The normalized spacial score (nSPS) is 15.3. The van der Waals surface area contributed by atoms with Crippen LogP contribution in [0.3, 0.4) is 0 Å². The fraction of sp³-hybridized carbons (Fsp3) is 0.900. The molecule has 7 heteroatoms. The summed E-state index contributed by atoms with van der Waals surface area (Å²) in [5.74, 6) is -0.495. The maximum Gasteiger partial charge on any atom is 0.238 e. The molecule has 0 fully saturated rings. The van der Waals surface area contributed by atoms with Crippen LogP contribution in [0.25, 0.3) is 0 Å². The van der Waals surface area contributed by atoms with Gasteiger partial charge in [0.1, 0.15) is 5.25 Å². The van der Waals surface area contributed by atoms with Gasteiger partial charge in [-0.2, -0.15) is 0 Å². The quantitative estimate of drug-likeness (QED) is 0.565. The lowest BCUT2D eigenvalue weighted by Gasteiger charge is -2.17. The van der Waals surface area contributed by atoms with E-state index in [0.717, 1.165) is 0 Å². The standard InChI is InChI=1S/C10H22N2O4S/c1-8(4-5-11)17(14,15)9(2)10(13)12-6-7-16-3/h8-9H,4-7,11H2,1-3H3,(H,12,13). The zero-order valence-corrected chi connectivity index (χ0v) is 11.4. The molecule has 0 bridgehead atoms. The van der Waals surface area contributed by atoms with E-state index in [-0.39, 0.29) is 0 Å². The van der Waals surface area contributed by atoms with Crippen LogP contribution in [-0.2, 0) is 19.4 Å². The van der Waals surface area contributed by atoms with Crippen LogP contribution < -0.4 is 11.1 Å². The Kier molecular flexibility index (Phi) is 7.33. The average molecular weight is 266 g/mol. The summed E-state index contributed by atoms with van der Waals surface area (Å²) in [6, 6.07) is 0. The molecule has 1 amide bonds. The summed E-state index contributed by atoms with van der Waals surface area (Å²) in [5, 5.41) is 0.856. The number of nitrogens with two attached hydrogens (primary N) is 1. The minimum absolute atomic E-state index is 0.290. The van der Waals surface area contributed by atoms with Crippen LogP contribution in [0.5, 0.6) is 0 Å². The van der Waals surface area contributed by atoms with Crippen LogP contribution in [-0.4, -0.2) is 51.6 Å². The van der Waals surface area contributed by atoms with Crippen LogP contribution in [0, 0.1) is 0 Å². The Morgan fingerprint density at radius 2 is 2.00 bits per heavy atom. The van der Waals surface area contributed by atoms with E-state index >= 15 is 0 Å². The number of hydrogen-bond donors (Lipinski definition) is 2. The molecular weight excluding hydrogens is 244 g/mol. The fourth-order valence-corrected chi connectivity index (χ4v) is 2.86. The van der Waals surface area contributed by atoms with E-state index in [1.54, 1.807) is 6.92 Å². The zero-order valence-electron chi connectivity index (χ0n) is 10.6. The summed E-state index contributed by atoms with van der Waals surface area (Å²) in [6.07, 6.45) is 0.359. The summed E-state index contributed by atoms with van der Waals surface area (Å²) in [7, 11) is -1.96. The highest BCUT2D eigenvalue weighted by Crippen LogP contribution is 2.12.